The van der Waals surface area contributed by atoms with Crippen molar-refractivity contribution in [1.29, 1.82) is 0 Å². The second-order valence-electron chi connectivity index (χ2n) is 9.51. The van der Waals surface area contributed by atoms with Gasteiger partial charge in [0.2, 0.25) is 5.91 Å². The highest BCUT2D eigenvalue weighted by atomic mass is 35.5. The number of thiazole rings is 1. The Balaban J connectivity index is 1.43. The van der Waals surface area contributed by atoms with Crippen LogP contribution in [0.4, 0.5) is 18.3 Å². The SMILES string of the molecule is CCS(=O)(=O)c1ccc(CC(=O)Nc2nc3c(s2)CN(Cc2ccc(C(F)(F)F)c(Cl)c2)C3C(C)C)cc1. The van der Waals surface area contributed by atoms with Crippen LogP contribution in [0.2, 0.25) is 5.02 Å². The van der Waals surface area contributed by atoms with Crippen molar-refractivity contribution in [1.82, 2.24) is 9.88 Å². The molecule has 6 nitrogen and oxygen atoms in total. The number of hydrogen-bond donors (Lipinski definition) is 1. The van der Waals surface area contributed by atoms with Crippen LogP contribution < -0.4 is 5.32 Å². The molecule has 1 amide bonds. The molecule has 1 aliphatic rings. The number of hydrogen-bond acceptors (Lipinski definition) is 6. The maximum atomic E-state index is 13.1. The van der Waals surface area contributed by atoms with Crippen LogP contribution in [0.5, 0.6) is 0 Å². The molecule has 204 valence electrons. The number of nitrogens with one attached hydrogen (secondary N) is 1. The molecule has 0 spiro atoms. The number of sulfone groups is 1. The van der Waals surface area contributed by atoms with Gasteiger partial charge in [-0.1, -0.05) is 50.6 Å². The van der Waals surface area contributed by atoms with Gasteiger partial charge in [0.1, 0.15) is 0 Å². The minimum absolute atomic E-state index is 0.00836. The molecule has 12 heteroatoms. The lowest BCUT2D eigenvalue weighted by Crippen LogP contribution is -2.26. The van der Waals surface area contributed by atoms with Crippen molar-refractivity contribution in [3.05, 3.63) is 74.7 Å². The van der Waals surface area contributed by atoms with E-state index >= 15 is 0 Å². The molecular weight excluding hydrogens is 559 g/mol. The number of aromatic nitrogens is 1. The molecule has 0 saturated carbocycles. The third-order valence-corrected chi connectivity index (χ3v) is 9.41. The summed E-state index contributed by atoms with van der Waals surface area (Å²) in [7, 11) is -3.30. The zero-order valence-corrected chi connectivity index (χ0v) is 23.4. The van der Waals surface area contributed by atoms with E-state index in [0.717, 1.165) is 16.6 Å². The number of carbonyl (C=O) groups is 1. The van der Waals surface area contributed by atoms with E-state index in [1.165, 1.54) is 35.6 Å². The second-order valence-corrected chi connectivity index (χ2v) is 13.3. The molecule has 1 aliphatic heterocycles. The maximum Gasteiger partial charge on any atom is 0.417 e. The van der Waals surface area contributed by atoms with Gasteiger partial charge in [-0.3, -0.25) is 9.69 Å². The first kappa shape index (κ1) is 28.5. The fraction of sp³-hybridized carbons (Fsp3) is 0.385. The van der Waals surface area contributed by atoms with E-state index in [1.54, 1.807) is 19.1 Å². The smallest absolute Gasteiger partial charge is 0.302 e. The zero-order valence-electron chi connectivity index (χ0n) is 21.0. The van der Waals surface area contributed by atoms with E-state index in [0.29, 0.717) is 29.3 Å². The Morgan fingerprint density at radius 3 is 2.42 bits per heavy atom. The summed E-state index contributed by atoms with van der Waals surface area (Å²) in [6.07, 6.45) is -4.43. The fourth-order valence-electron chi connectivity index (χ4n) is 4.56. The van der Waals surface area contributed by atoms with Gasteiger partial charge in [0.05, 0.1) is 39.4 Å². The molecular formula is C26H27ClF3N3O3S2. The van der Waals surface area contributed by atoms with E-state index in [2.05, 4.69) is 15.2 Å². The Morgan fingerprint density at radius 1 is 1.18 bits per heavy atom. The highest BCUT2D eigenvalue weighted by Gasteiger charge is 2.37. The van der Waals surface area contributed by atoms with Crippen molar-refractivity contribution in [3.8, 4) is 0 Å². The van der Waals surface area contributed by atoms with Crippen LogP contribution in [0.3, 0.4) is 0 Å². The van der Waals surface area contributed by atoms with Crippen molar-refractivity contribution in [3.63, 3.8) is 0 Å². The first-order valence-corrected chi connectivity index (χ1v) is 14.8. The van der Waals surface area contributed by atoms with Crippen LogP contribution in [0.15, 0.2) is 47.4 Å². The van der Waals surface area contributed by atoms with Gasteiger partial charge in [-0.25, -0.2) is 13.4 Å². The average Bonchev–Trinajstić information content (AvgIpc) is 3.34. The van der Waals surface area contributed by atoms with Gasteiger partial charge in [0.25, 0.3) is 0 Å². The molecule has 1 unspecified atom stereocenters. The van der Waals surface area contributed by atoms with Gasteiger partial charge in [0.15, 0.2) is 15.0 Å². The highest BCUT2D eigenvalue weighted by molar-refractivity contribution is 7.91. The first-order chi connectivity index (χ1) is 17.8. The molecule has 2 aromatic carbocycles. The lowest BCUT2D eigenvalue weighted by Gasteiger charge is -2.28. The molecule has 0 fully saturated rings. The summed E-state index contributed by atoms with van der Waals surface area (Å²) in [6, 6.07) is 10.0. The number of fused-ring (bicyclic) bond motifs is 1. The maximum absolute atomic E-state index is 13.1. The topological polar surface area (TPSA) is 79.4 Å². The number of alkyl halides is 3. The Kier molecular flexibility index (Phi) is 8.23. The number of halogens is 4. The normalized spacial score (nSPS) is 16.2. The molecule has 3 aromatic rings. The van der Waals surface area contributed by atoms with Crippen molar-refractivity contribution in [2.75, 3.05) is 11.1 Å². The molecule has 0 bridgehead atoms. The van der Waals surface area contributed by atoms with Gasteiger partial charge < -0.3 is 5.32 Å². The van der Waals surface area contributed by atoms with E-state index in [4.69, 9.17) is 11.6 Å². The third kappa shape index (κ3) is 6.22. The van der Waals surface area contributed by atoms with Gasteiger partial charge >= 0.3 is 6.18 Å². The minimum atomic E-state index is -4.50. The van der Waals surface area contributed by atoms with Gasteiger partial charge in [-0.15, -0.1) is 11.3 Å². The molecule has 0 aliphatic carbocycles. The highest BCUT2D eigenvalue weighted by Crippen LogP contribution is 2.43. The largest absolute Gasteiger partial charge is 0.417 e. The average molecular weight is 586 g/mol. The molecule has 0 saturated heterocycles. The Bertz CT molecular complexity index is 1440. The van der Waals surface area contributed by atoms with Crippen LogP contribution in [-0.4, -0.2) is 30.0 Å². The first-order valence-electron chi connectivity index (χ1n) is 12.0. The second kappa shape index (κ2) is 11.0. The number of nitrogens with zero attached hydrogens (tertiary/aromatic N) is 2. The summed E-state index contributed by atoms with van der Waals surface area (Å²) in [5.74, 6) is -0.0837. The molecule has 4 rings (SSSR count). The van der Waals surface area contributed by atoms with Crippen molar-refractivity contribution >= 4 is 43.8 Å². The van der Waals surface area contributed by atoms with Crippen LogP contribution in [-0.2, 0) is 40.3 Å². The quantitative estimate of drug-likeness (QED) is 0.326. The Morgan fingerprint density at radius 2 is 1.84 bits per heavy atom. The Labute approximate surface area is 228 Å². The Hall–Kier alpha value is -2.47. The monoisotopic (exact) mass is 585 g/mol. The number of rotatable bonds is 8. The number of carbonyl (C=O) groups excluding carboxylic acids is 1. The van der Waals surface area contributed by atoms with Crippen molar-refractivity contribution < 1.29 is 26.4 Å². The van der Waals surface area contributed by atoms with E-state index < -0.39 is 21.6 Å². The lowest BCUT2D eigenvalue weighted by atomic mass is 10.0. The summed E-state index contributed by atoms with van der Waals surface area (Å²) in [4.78, 5) is 20.7. The van der Waals surface area contributed by atoms with E-state index in [-0.39, 0.29) is 40.0 Å². The van der Waals surface area contributed by atoms with Gasteiger partial charge in [-0.2, -0.15) is 13.2 Å². The van der Waals surface area contributed by atoms with Crippen LogP contribution in [0, 0.1) is 5.92 Å². The third-order valence-electron chi connectivity index (χ3n) is 6.38. The molecule has 1 aromatic heterocycles. The lowest BCUT2D eigenvalue weighted by molar-refractivity contribution is -0.137. The predicted molar refractivity (Wildman–Crippen MR) is 142 cm³/mol. The fourth-order valence-corrected chi connectivity index (χ4v) is 6.80. The predicted octanol–water partition coefficient (Wildman–Crippen LogP) is 6.50. The molecule has 0 radical (unpaired) electrons. The summed E-state index contributed by atoms with van der Waals surface area (Å²) in [5, 5.41) is 2.99. The van der Waals surface area contributed by atoms with Gasteiger partial charge in [-0.05, 0) is 41.3 Å². The summed E-state index contributed by atoms with van der Waals surface area (Å²) in [5.41, 5.74) is 1.36. The number of anilines is 1. The minimum Gasteiger partial charge on any atom is -0.302 e. The standard InChI is InChI=1S/C26H27ClF3N3O3S2/c1-4-38(35,36)18-8-5-16(6-9-18)12-22(34)31-25-32-23-21(37-25)14-33(24(23)15(2)3)13-17-7-10-19(20(27)11-17)26(28,29)30/h5-11,15,24H,4,12-14H2,1-3H3,(H,31,32,34). The molecule has 1 atom stereocenters. The van der Waals surface area contributed by atoms with Crippen LogP contribution in [0.1, 0.15) is 54.1 Å². The number of amides is 1. The molecule has 1 N–H and O–H groups in total. The summed E-state index contributed by atoms with van der Waals surface area (Å²) >= 11 is 7.29. The van der Waals surface area contributed by atoms with Crippen molar-refractivity contribution in [2.45, 2.75) is 57.4 Å². The summed E-state index contributed by atoms with van der Waals surface area (Å²) < 4.78 is 63.1. The van der Waals surface area contributed by atoms with Crippen molar-refractivity contribution in [2.24, 2.45) is 5.92 Å². The van der Waals surface area contributed by atoms with Crippen LogP contribution in [0.25, 0.3) is 0 Å². The summed E-state index contributed by atoms with van der Waals surface area (Å²) in [6.45, 7) is 6.64. The molecule has 2 heterocycles. The van der Waals surface area contributed by atoms with Gasteiger partial charge in [0, 0.05) is 18.0 Å². The molecule has 38 heavy (non-hydrogen) atoms. The van der Waals surface area contributed by atoms with Crippen LogP contribution >= 0.6 is 22.9 Å². The zero-order chi connectivity index (χ0) is 27.8. The van der Waals surface area contributed by atoms with E-state index in [1.807, 2.05) is 13.8 Å². The van der Waals surface area contributed by atoms with E-state index in [9.17, 15) is 26.4 Å². The number of benzene rings is 2.